The van der Waals surface area contributed by atoms with Crippen molar-refractivity contribution >= 4 is 26.0 Å². The summed E-state index contributed by atoms with van der Waals surface area (Å²) in [6.45, 7) is 1.86. The van der Waals surface area contributed by atoms with Crippen molar-refractivity contribution < 1.29 is 52.0 Å². The van der Waals surface area contributed by atoms with Gasteiger partial charge in [-0.15, -0.1) is 0 Å². The van der Waals surface area contributed by atoms with E-state index >= 15 is 0 Å². The number of quaternary nitrogens is 1. The Morgan fingerprint density at radius 3 is 1.89 bits per heavy atom. The maximum atomic E-state index is 12.4. The van der Waals surface area contributed by atoms with Crippen LogP contribution in [0, 0.1) is 0 Å². The van der Waals surface area contributed by atoms with Gasteiger partial charge in [0.25, 0.3) is 0 Å². The molecule has 0 aromatic rings. The molecule has 0 heterocycles. The zero-order chi connectivity index (χ0) is 33.1. The predicted octanol–water partition coefficient (Wildman–Crippen LogP) is 6.05. The van der Waals surface area contributed by atoms with E-state index in [1.165, 1.54) is 69.9 Å². The van der Waals surface area contributed by atoms with E-state index < -0.39 is 38.6 Å². The predicted molar refractivity (Wildman–Crippen MR) is 171 cm³/mol. The molecule has 258 valence electrons. The fourth-order valence-electron chi connectivity index (χ4n) is 4.28. The smallest absolute Gasteiger partial charge is 0.462 e. The summed E-state index contributed by atoms with van der Waals surface area (Å²) < 4.78 is 33.5. The number of rotatable bonds is 30. The average molecular weight is 651 g/mol. The molecule has 0 radical (unpaired) electrons. The van der Waals surface area contributed by atoms with Crippen molar-refractivity contribution in [1.82, 2.24) is 0 Å². The topological polar surface area (TPSA) is 146 Å². The lowest BCUT2D eigenvalue weighted by Crippen LogP contribution is -2.37. The van der Waals surface area contributed by atoms with Crippen LogP contribution in [0.3, 0.4) is 0 Å². The third kappa shape index (κ3) is 29.1. The van der Waals surface area contributed by atoms with Gasteiger partial charge in [-0.1, -0.05) is 90.0 Å². The number of ether oxygens (including phenoxy) is 2. The number of allylic oxidation sites excluding steroid dienone is 1. The van der Waals surface area contributed by atoms with Gasteiger partial charge in [0, 0.05) is 12.8 Å². The number of hydrogen-bond acceptors (Lipinski definition) is 9. The monoisotopic (exact) mass is 650 g/mol. The molecule has 0 amide bonds. The van der Waals surface area contributed by atoms with Gasteiger partial charge in [-0.25, -0.2) is 4.57 Å². The van der Waals surface area contributed by atoms with Gasteiger partial charge in [0.2, 0.25) is 0 Å². The molecular weight excluding hydrogens is 589 g/mol. The van der Waals surface area contributed by atoms with E-state index in [1.54, 1.807) is 0 Å². The fourth-order valence-corrected chi connectivity index (χ4v) is 5.02. The molecule has 2 N–H and O–H groups in total. The summed E-state index contributed by atoms with van der Waals surface area (Å²) in [4.78, 5) is 45.1. The van der Waals surface area contributed by atoms with Crippen molar-refractivity contribution in [1.29, 1.82) is 0 Å². The van der Waals surface area contributed by atoms with Gasteiger partial charge in [0.1, 0.15) is 26.0 Å². The second-order valence-corrected chi connectivity index (χ2v) is 13.8. The summed E-state index contributed by atoms with van der Waals surface area (Å²) in [7, 11) is 1.30. The van der Waals surface area contributed by atoms with Crippen molar-refractivity contribution in [3.8, 4) is 0 Å². The van der Waals surface area contributed by atoms with E-state index in [0.717, 1.165) is 19.3 Å². The van der Waals surface area contributed by atoms with Crippen molar-refractivity contribution in [3.63, 3.8) is 0 Å². The standard InChI is InChI=1S/C32H60NO10P/c1-5-6-7-8-9-10-11-12-13-14-15-16-17-22-31(36)40-27-30(28-42-44(38,39)41-26-24-33(2,3)4)43-32(37)23-18-20-29(35)21-19-25-34/h19,21,25,29-30,35H,5-18,20,22-24,26-28H2,1-4H3/p+1/b21-19+/t29?,30-/m0/s1. The van der Waals surface area contributed by atoms with Crippen LogP contribution in [0.4, 0.5) is 0 Å². The number of nitrogens with zero attached hydrogens (tertiary/aromatic N) is 1. The number of carbonyl (C=O) groups is 3. The lowest BCUT2D eigenvalue weighted by Gasteiger charge is -2.24. The van der Waals surface area contributed by atoms with Crippen LogP contribution in [-0.2, 0) is 37.5 Å². The van der Waals surface area contributed by atoms with Gasteiger partial charge in [0.05, 0.1) is 33.9 Å². The number of hydrogen-bond donors (Lipinski definition) is 2. The summed E-state index contributed by atoms with van der Waals surface area (Å²) in [6.07, 6.45) is 17.4. The zero-order valence-electron chi connectivity index (χ0n) is 27.8. The van der Waals surface area contributed by atoms with Gasteiger partial charge >= 0.3 is 19.8 Å². The lowest BCUT2D eigenvalue weighted by atomic mass is 10.0. The van der Waals surface area contributed by atoms with Crippen LogP contribution in [0.5, 0.6) is 0 Å². The maximum Gasteiger partial charge on any atom is 0.472 e. The van der Waals surface area contributed by atoms with E-state index in [9.17, 15) is 28.9 Å². The molecule has 0 spiro atoms. The van der Waals surface area contributed by atoms with E-state index in [0.29, 0.717) is 23.7 Å². The Morgan fingerprint density at radius 2 is 1.34 bits per heavy atom. The summed E-state index contributed by atoms with van der Waals surface area (Å²) in [5, 5.41) is 9.76. The number of carbonyl (C=O) groups excluding carboxylic acids is 3. The Balaban J connectivity index is 4.48. The van der Waals surface area contributed by atoms with Gasteiger partial charge in [-0.05, 0) is 25.3 Å². The molecule has 0 rings (SSSR count). The molecule has 12 heteroatoms. The highest BCUT2D eigenvalue weighted by atomic mass is 31.2. The van der Waals surface area contributed by atoms with Crippen LogP contribution < -0.4 is 0 Å². The zero-order valence-corrected chi connectivity index (χ0v) is 28.7. The molecule has 0 aliphatic rings. The molecule has 11 nitrogen and oxygen atoms in total. The van der Waals surface area contributed by atoms with Crippen molar-refractivity contribution in [3.05, 3.63) is 12.2 Å². The number of aldehydes is 1. The molecule has 0 aromatic carbocycles. The first kappa shape index (κ1) is 42.4. The molecule has 0 aromatic heterocycles. The number of aliphatic hydroxyl groups is 1. The first-order valence-electron chi connectivity index (χ1n) is 16.5. The molecule has 3 atom stereocenters. The SMILES string of the molecule is CCCCCCCCCCCCCCCC(=O)OC[C@@H](COP(=O)(O)OCC[N+](C)(C)C)OC(=O)CCCC(O)/C=C/C=O. The fraction of sp³-hybridized carbons (Fsp3) is 0.844. The summed E-state index contributed by atoms with van der Waals surface area (Å²) >= 11 is 0. The number of phosphoric ester groups is 1. The molecule has 0 aliphatic carbocycles. The number of esters is 2. The molecule has 44 heavy (non-hydrogen) atoms. The average Bonchev–Trinajstić information content (AvgIpc) is 2.95. The van der Waals surface area contributed by atoms with E-state index in [2.05, 4.69) is 6.92 Å². The number of aliphatic hydroxyl groups excluding tert-OH is 1. The van der Waals surface area contributed by atoms with E-state index in [4.69, 9.17) is 18.5 Å². The van der Waals surface area contributed by atoms with Crippen LogP contribution in [0.25, 0.3) is 0 Å². The Bertz CT molecular complexity index is 830. The third-order valence-electron chi connectivity index (χ3n) is 6.95. The normalized spacial score (nSPS) is 14.7. The first-order valence-corrected chi connectivity index (χ1v) is 18.0. The van der Waals surface area contributed by atoms with E-state index in [1.807, 2.05) is 21.1 Å². The number of unbranched alkanes of at least 4 members (excludes halogenated alkanes) is 12. The van der Waals surface area contributed by atoms with Crippen LogP contribution >= 0.6 is 7.82 Å². The molecule has 0 aliphatic heterocycles. The van der Waals surface area contributed by atoms with Gasteiger partial charge in [0.15, 0.2) is 6.10 Å². The molecule has 0 bridgehead atoms. The maximum absolute atomic E-state index is 12.4. The van der Waals surface area contributed by atoms with E-state index in [-0.39, 0.29) is 38.9 Å². The number of likely N-dealkylation sites (N-methyl/N-ethyl adjacent to an activating group) is 1. The molecule has 2 unspecified atom stereocenters. The molecule has 0 saturated heterocycles. The highest BCUT2D eigenvalue weighted by Crippen LogP contribution is 2.43. The minimum Gasteiger partial charge on any atom is -0.462 e. The Kier molecular flexibility index (Phi) is 25.6. The van der Waals surface area contributed by atoms with Crippen molar-refractivity contribution in [2.45, 2.75) is 128 Å². The summed E-state index contributed by atoms with van der Waals surface area (Å²) in [6, 6.07) is 0. The second-order valence-electron chi connectivity index (χ2n) is 12.4. The minimum atomic E-state index is -4.42. The Morgan fingerprint density at radius 1 is 0.795 bits per heavy atom. The number of phosphoric acid groups is 1. The minimum absolute atomic E-state index is 0.0171. The third-order valence-corrected chi connectivity index (χ3v) is 7.93. The molecule has 0 saturated carbocycles. The Hall–Kier alpha value is -1.62. The van der Waals surface area contributed by atoms with Gasteiger partial charge < -0.3 is 24.0 Å². The summed E-state index contributed by atoms with van der Waals surface area (Å²) in [5.74, 6) is -1.08. The van der Waals surface area contributed by atoms with Crippen LogP contribution in [0.2, 0.25) is 0 Å². The first-order chi connectivity index (χ1) is 20.9. The second kappa shape index (κ2) is 26.6. The summed E-state index contributed by atoms with van der Waals surface area (Å²) in [5.41, 5.74) is 0. The Labute approximate surface area is 265 Å². The van der Waals surface area contributed by atoms with Crippen LogP contribution in [0.15, 0.2) is 12.2 Å². The van der Waals surface area contributed by atoms with Gasteiger partial charge in [-0.3, -0.25) is 23.4 Å². The quantitative estimate of drug-likeness (QED) is 0.0235. The highest BCUT2D eigenvalue weighted by molar-refractivity contribution is 7.47. The lowest BCUT2D eigenvalue weighted by molar-refractivity contribution is -0.870. The highest BCUT2D eigenvalue weighted by Gasteiger charge is 2.27. The van der Waals surface area contributed by atoms with Crippen LogP contribution in [0.1, 0.15) is 116 Å². The molecular formula is C32H61NO10P+. The molecule has 0 fully saturated rings. The van der Waals surface area contributed by atoms with Crippen molar-refractivity contribution in [2.75, 3.05) is 47.5 Å². The largest absolute Gasteiger partial charge is 0.472 e. The van der Waals surface area contributed by atoms with Crippen LogP contribution in [-0.4, -0.2) is 92.4 Å². The van der Waals surface area contributed by atoms with Gasteiger partial charge in [-0.2, -0.15) is 0 Å². The van der Waals surface area contributed by atoms with Crippen molar-refractivity contribution in [2.24, 2.45) is 0 Å².